The van der Waals surface area contributed by atoms with Crippen LogP contribution in [0.3, 0.4) is 0 Å². The highest BCUT2D eigenvalue weighted by molar-refractivity contribution is 5.86. The molecule has 1 aliphatic carbocycles. The number of piperidine rings is 1. The van der Waals surface area contributed by atoms with Gasteiger partial charge in [0.2, 0.25) is 5.91 Å². The molecule has 0 saturated carbocycles. The van der Waals surface area contributed by atoms with Gasteiger partial charge in [-0.15, -0.1) is 0 Å². The molecule has 1 saturated heterocycles. The Hall–Kier alpha value is -1.39. The first-order valence-electron chi connectivity index (χ1n) is 8.02. The molecular weight excluding hydrogens is 264 g/mol. The minimum Gasteiger partial charge on any atom is -0.378 e. The number of hydrogen-bond acceptors (Lipinski definition) is 3. The van der Waals surface area contributed by atoms with E-state index >= 15 is 0 Å². The molecule has 1 aliphatic heterocycles. The Morgan fingerprint density at radius 2 is 2.10 bits per heavy atom. The average Bonchev–Trinajstić information content (AvgIpc) is 2.49. The minimum absolute atomic E-state index is 0.0616. The van der Waals surface area contributed by atoms with Crippen LogP contribution in [0, 0.1) is 0 Å². The average molecular weight is 288 g/mol. The summed E-state index contributed by atoms with van der Waals surface area (Å²) in [6.07, 6.45) is 4.38. The Bertz CT molecular complexity index is 483. The van der Waals surface area contributed by atoms with Gasteiger partial charge < -0.3 is 15.4 Å². The van der Waals surface area contributed by atoms with Crippen molar-refractivity contribution in [3.63, 3.8) is 0 Å². The minimum atomic E-state index is 0.0616. The molecule has 21 heavy (non-hydrogen) atoms. The number of ether oxygens (including phenoxy) is 1. The second-order valence-corrected chi connectivity index (χ2v) is 5.92. The number of amides is 1. The van der Waals surface area contributed by atoms with E-state index in [2.05, 4.69) is 22.8 Å². The molecule has 1 heterocycles. The van der Waals surface area contributed by atoms with Crippen LogP contribution >= 0.6 is 0 Å². The van der Waals surface area contributed by atoms with Crippen LogP contribution in [0.5, 0.6) is 0 Å². The Morgan fingerprint density at radius 3 is 2.90 bits per heavy atom. The van der Waals surface area contributed by atoms with Crippen molar-refractivity contribution in [1.82, 2.24) is 10.6 Å². The maximum absolute atomic E-state index is 12.1. The maximum Gasteiger partial charge on any atom is 0.227 e. The van der Waals surface area contributed by atoms with Gasteiger partial charge in [0.25, 0.3) is 0 Å². The van der Waals surface area contributed by atoms with Gasteiger partial charge in [0, 0.05) is 13.2 Å². The molecule has 1 unspecified atom stereocenters. The number of hydrogen-bond donors (Lipinski definition) is 2. The third kappa shape index (κ3) is 3.63. The van der Waals surface area contributed by atoms with Gasteiger partial charge in [0.15, 0.2) is 0 Å². The molecule has 3 rings (SSSR count). The molecule has 1 aromatic rings. The standard InChI is InChI=1S/C17H24N2O2/c20-17(16-12-13-4-1-2-5-15(13)16)19-8-3-11-21-14-6-9-18-10-7-14/h1-2,4-5,14,16,18H,3,6-12H2,(H,19,20). The number of fused-ring (bicyclic) bond motifs is 1. The van der Waals surface area contributed by atoms with Crippen LogP contribution in [-0.2, 0) is 16.0 Å². The monoisotopic (exact) mass is 288 g/mol. The van der Waals surface area contributed by atoms with Gasteiger partial charge in [-0.2, -0.15) is 0 Å². The summed E-state index contributed by atoms with van der Waals surface area (Å²) in [5.74, 6) is 0.224. The highest BCUT2D eigenvalue weighted by Gasteiger charge is 2.31. The SMILES string of the molecule is O=C(NCCCOC1CCNCC1)C1Cc2ccccc21. The van der Waals surface area contributed by atoms with E-state index in [1.165, 1.54) is 11.1 Å². The first-order chi connectivity index (χ1) is 10.3. The maximum atomic E-state index is 12.1. The molecule has 0 aromatic heterocycles. The molecule has 0 bridgehead atoms. The van der Waals surface area contributed by atoms with Gasteiger partial charge in [-0.1, -0.05) is 24.3 Å². The van der Waals surface area contributed by atoms with E-state index in [4.69, 9.17) is 4.74 Å². The summed E-state index contributed by atoms with van der Waals surface area (Å²) in [5, 5.41) is 6.36. The normalized spacial score (nSPS) is 21.4. The molecule has 4 heteroatoms. The van der Waals surface area contributed by atoms with E-state index in [-0.39, 0.29) is 11.8 Å². The number of benzene rings is 1. The molecule has 2 aliphatic rings. The summed E-state index contributed by atoms with van der Waals surface area (Å²) in [7, 11) is 0. The van der Waals surface area contributed by atoms with Crippen LogP contribution in [-0.4, -0.2) is 38.3 Å². The predicted molar refractivity (Wildman–Crippen MR) is 82.4 cm³/mol. The molecule has 1 atom stereocenters. The molecular formula is C17H24N2O2. The molecule has 0 radical (unpaired) electrons. The number of nitrogens with one attached hydrogen (secondary N) is 2. The fraction of sp³-hybridized carbons (Fsp3) is 0.588. The van der Waals surface area contributed by atoms with Crippen LogP contribution in [0.25, 0.3) is 0 Å². The predicted octanol–water partition coefficient (Wildman–Crippen LogP) is 1.60. The first kappa shape index (κ1) is 14.5. The van der Waals surface area contributed by atoms with Gasteiger partial charge in [-0.25, -0.2) is 0 Å². The summed E-state index contributed by atoms with van der Waals surface area (Å²) in [6, 6.07) is 8.20. The van der Waals surface area contributed by atoms with E-state index in [1.807, 2.05) is 12.1 Å². The number of rotatable bonds is 6. The van der Waals surface area contributed by atoms with Crippen molar-refractivity contribution in [2.24, 2.45) is 0 Å². The summed E-state index contributed by atoms with van der Waals surface area (Å²) in [4.78, 5) is 12.1. The van der Waals surface area contributed by atoms with Crippen LogP contribution < -0.4 is 10.6 Å². The Kier molecular flexibility index (Phi) is 4.88. The fourth-order valence-corrected chi connectivity index (χ4v) is 3.11. The van der Waals surface area contributed by atoms with Gasteiger partial charge in [-0.3, -0.25) is 4.79 Å². The van der Waals surface area contributed by atoms with Gasteiger partial charge in [-0.05, 0) is 49.9 Å². The van der Waals surface area contributed by atoms with Crippen molar-refractivity contribution >= 4 is 5.91 Å². The van der Waals surface area contributed by atoms with Crippen molar-refractivity contribution in [3.05, 3.63) is 35.4 Å². The molecule has 1 amide bonds. The van der Waals surface area contributed by atoms with Crippen LogP contribution in [0.4, 0.5) is 0 Å². The van der Waals surface area contributed by atoms with E-state index in [9.17, 15) is 4.79 Å². The first-order valence-corrected chi connectivity index (χ1v) is 8.02. The third-order valence-corrected chi connectivity index (χ3v) is 4.43. The second-order valence-electron chi connectivity index (χ2n) is 5.92. The number of carbonyl (C=O) groups is 1. The van der Waals surface area contributed by atoms with E-state index in [0.29, 0.717) is 12.6 Å². The van der Waals surface area contributed by atoms with Crippen molar-refractivity contribution in [2.75, 3.05) is 26.2 Å². The molecule has 0 spiro atoms. The zero-order valence-corrected chi connectivity index (χ0v) is 12.4. The van der Waals surface area contributed by atoms with Crippen molar-refractivity contribution in [3.8, 4) is 0 Å². The highest BCUT2D eigenvalue weighted by atomic mass is 16.5. The van der Waals surface area contributed by atoms with Gasteiger partial charge >= 0.3 is 0 Å². The van der Waals surface area contributed by atoms with Crippen LogP contribution in [0.15, 0.2) is 24.3 Å². The van der Waals surface area contributed by atoms with Crippen LogP contribution in [0.2, 0.25) is 0 Å². The largest absolute Gasteiger partial charge is 0.378 e. The lowest BCUT2D eigenvalue weighted by Gasteiger charge is -2.29. The second kappa shape index (κ2) is 7.05. The molecule has 2 N–H and O–H groups in total. The summed E-state index contributed by atoms with van der Waals surface area (Å²) >= 11 is 0. The van der Waals surface area contributed by atoms with E-state index < -0.39 is 0 Å². The molecule has 1 aromatic carbocycles. The smallest absolute Gasteiger partial charge is 0.227 e. The lowest BCUT2D eigenvalue weighted by Crippen LogP contribution is -2.36. The lowest BCUT2D eigenvalue weighted by molar-refractivity contribution is -0.123. The Labute approximate surface area is 126 Å². The van der Waals surface area contributed by atoms with Gasteiger partial charge in [0.05, 0.1) is 12.0 Å². The Morgan fingerprint density at radius 1 is 1.29 bits per heavy atom. The zero-order valence-electron chi connectivity index (χ0n) is 12.4. The summed E-state index contributed by atoms with van der Waals surface area (Å²) < 4.78 is 5.83. The van der Waals surface area contributed by atoms with E-state index in [0.717, 1.165) is 45.4 Å². The highest BCUT2D eigenvalue weighted by Crippen LogP contribution is 2.34. The van der Waals surface area contributed by atoms with Crippen molar-refractivity contribution in [1.29, 1.82) is 0 Å². The fourth-order valence-electron chi connectivity index (χ4n) is 3.11. The zero-order chi connectivity index (χ0) is 14.5. The summed E-state index contributed by atoms with van der Waals surface area (Å²) in [6.45, 7) is 3.57. The molecule has 1 fully saturated rings. The van der Waals surface area contributed by atoms with Crippen molar-refractivity contribution < 1.29 is 9.53 Å². The van der Waals surface area contributed by atoms with Crippen LogP contribution in [0.1, 0.15) is 36.3 Å². The third-order valence-electron chi connectivity index (χ3n) is 4.43. The molecule has 4 nitrogen and oxygen atoms in total. The molecule has 114 valence electrons. The topological polar surface area (TPSA) is 50.4 Å². The van der Waals surface area contributed by atoms with Gasteiger partial charge in [0.1, 0.15) is 0 Å². The number of carbonyl (C=O) groups excluding carboxylic acids is 1. The Balaban J connectivity index is 1.30. The van der Waals surface area contributed by atoms with Crippen molar-refractivity contribution in [2.45, 2.75) is 37.7 Å². The summed E-state index contributed by atoms with van der Waals surface area (Å²) in [5.41, 5.74) is 2.51. The quantitative estimate of drug-likeness (QED) is 0.782. The lowest BCUT2D eigenvalue weighted by atomic mass is 9.77. The van der Waals surface area contributed by atoms with E-state index in [1.54, 1.807) is 0 Å².